The Kier molecular flexibility index (Phi) is 4.62. The molecular formula is C13H24Cl2N2. The second kappa shape index (κ2) is 5.64. The van der Waals surface area contributed by atoms with Gasteiger partial charge in [-0.1, -0.05) is 12.8 Å². The van der Waals surface area contributed by atoms with Gasteiger partial charge in [0.1, 0.15) is 0 Å². The Labute approximate surface area is 114 Å². The van der Waals surface area contributed by atoms with Crippen LogP contribution in [0.5, 0.6) is 0 Å². The van der Waals surface area contributed by atoms with Gasteiger partial charge in [0.15, 0.2) is 0 Å². The highest BCUT2D eigenvalue weighted by Gasteiger charge is 2.37. The van der Waals surface area contributed by atoms with Gasteiger partial charge in [0, 0.05) is 5.38 Å². The predicted octanol–water partition coefficient (Wildman–Crippen LogP) is 3.20. The molecular weight excluding hydrogens is 255 g/mol. The minimum Gasteiger partial charge on any atom is -0.312 e. The SMILES string of the molecule is NC1(N)CCC(CC2CCCC(Cl)C2)CC1Cl. The van der Waals surface area contributed by atoms with E-state index in [4.69, 9.17) is 34.7 Å². The van der Waals surface area contributed by atoms with Gasteiger partial charge in [-0.3, -0.25) is 0 Å². The summed E-state index contributed by atoms with van der Waals surface area (Å²) in [6.07, 6.45) is 9.21. The van der Waals surface area contributed by atoms with E-state index in [1.807, 2.05) is 0 Å². The lowest BCUT2D eigenvalue weighted by atomic mass is 9.75. The number of alkyl halides is 2. The van der Waals surface area contributed by atoms with Crippen LogP contribution in [0.2, 0.25) is 0 Å². The molecule has 0 aromatic carbocycles. The Morgan fingerprint density at radius 1 is 1.00 bits per heavy atom. The van der Waals surface area contributed by atoms with Crippen molar-refractivity contribution in [3.63, 3.8) is 0 Å². The largest absolute Gasteiger partial charge is 0.312 e. The molecule has 2 nitrogen and oxygen atoms in total. The fourth-order valence-electron chi connectivity index (χ4n) is 3.37. The molecule has 0 heterocycles. The summed E-state index contributed by atoms with van der Waals surface area (Å²) in [4.78, 5) is 0. The number of halogens is 2. The maximum absolute atomic E-state index is 6.27. The first-order valence-electron chi connectivity index (χ1n) is 6.83. The van der Waals surface area contributed by atoms with Crippen LogP contribution in [0, 0.1) is 11.8 Å². The third kappa shape index (κ3) is 3.73. The summed E-state index contributed by atoms with van der Waals surface area (Å²) in [7, 11) is 0. The zero-order chi connectivity index (χ0) is 12.5. The Balaban J connectivity index is 1.80. The zero-order valence-electron chi connectivity index (χ0n) is 10.4. The fraction of sp³-hybridized carbons (Fsp3) is 1.00. The van der Waals surface area contributed by atoms with Gasteiger partial charge in [-0.25, -0.2) is 0 Å². The van der Waals surface area contributed by atoms with E-state index in [0.29, 0.717) is 11.3 Å². The molecule has 2 aliphatic carbocycles. The van der Waals surface area contributed by atoms with Crippen molar-refractivity contribution in [1.82, 2.24) is 0 Å². The van der Waals surface area contributed by atoms with Crippen molar-refractivity contribution in [1.29, 1.82) is 0 Å². The third-order valence-corrected chi connectivity index (χ3v) is 5.48. The first kappa shape index (κ1) is 13.9. The van der Waals surface area contributed by atoms with Gasteiger partial charge in [-0.2, -0.15) is 0 Å². The average molecular weight is 279 g/mol. The lowest BCUT2D eigenvalue weighted by molar-refractivity contribution is 0.198. The van der Waals surface area contributed by atoms with E-state index in [1.165, 1.54) is 32.1 Å². The maximum atomic E-state index is 6.27. The summed E-state index contributed by atoms with van der Waals surface area (Å²) in [5.41, 5.74) is 11.3. The van der Waals surface area contributed by atoms with Gasteiger partial charge in [0.2, 0.25) is 0 Å². The Morgan fingerprint density at radius 2 is 1.71 bits per heavy atom. The molecule has 4 heteroatoms. The first-order valence-corrected chi connectivity index (χ1v) is 7.70. The molecule has 0 bridgehead atoms. The van der Waals surface area contributed by atoms with Crippen LogP contribution in [-0.2, 0) is 0 Å². The molecule has 2 saturated carbocycles. The van der Waals surface area contributed by atoms with Crippen molar-refractivity contribution in [3.8, 4) is 0 Å². The predicted molar refractivity (Wildman–Crippen MR) is 74.3 cm³/mol. The van der Waals surface area contributed by atoms with E-state index in [9.17, 15) is 0 Å². The van der Waals surface area contributed by atoms with Crippen LogP contribution < -0.4 is 11.5 Å². The first-order chi connectivity index (χ1) is 7.97. The summed E-state index contributed by atoms with van der Waals surface area (Å²) in [5, 5.41) is 0.323. The lowest BCUT2D eigenvalue weighted by Crippen LogP contribution is -2.59. The summed E-state index contributed by atoms with van der Waals surface area (Å²) >= 11 is 12.5. The molecule has 4 atom stereocenters. The molecule has 0 spiro atoms. The van der Waals surface area contributed by atoms with E-state index < -0.39 is 5.66 Å². The van der Waals surface area contributed by atoms with E-state index >= 15 is 0 Å². The number of hydrogen-bond acceptors (Lipinski definition) is 2. The Hall–Kier alpha value is 0.500. The molecule has 2 aliphatic rings. The van der Waals surface area contributed by atoms with Crippen LogP contribution in [0.3, 0.4) is 0 Å². The van der Waals surface area contributed by atoms with Crippen molar-refractivity contribution in [2.24, 2.45) is 23.3 Å². The average Bonchev–Trinajstić information content (AvgIpc) is 2.24. The van der Waals surface area contributed by atoms with Crippen LogP contribution >= 0.6 is 23.2 Å². The quantitative estimate of drug-likeness (QED) is 0.602. The third-order valence-electron chi connectivity index (χ3n) is 4.49. The minimum atomic E-state index is -0.653. The van der Waals surface area contributed by atoms with Crippen molar-refractivity contribution in [3.05, 3.63) is 0 Å². The second-order valence-corrected chi connectivity index (χ2v) is 7.23. The second-order valence-electron chi connectivity index (χ2n) is 6.09. The molecule has 0 saturated heterocycles. The number of hydrogen-bond donors (Lipinski definition) is 2. The minimum absolute atomic E-state index is 0.0726. The summed E-state index contributed by atoms with van der Waals surface area (Å²) < 4.78 is 0. The molecule has 100 valence electrons. The normalized spacial score (nSPS) is 42.4. The van der Waals surface area contributed by atoms with Gasteiger partial charge >= 0.3 is 0 Å². The Bertz CT molecular complexity index is 258. The van der Waals surface area contributed by atoms with E-state index in [-0.39, 0.29) is 5.38 Å². The molecule has 0 amide bonds. The summed E-state index contributed by atoms with van der Waals surface area (Å²) in [5.74, 6) is 1.49. The van der Waals surface area contributed by atoms with Gasteiger partial charge in [0.05, 0.1) is 11.0 Å². The molecule has 0 aromatic heterocycles. The smallest absolute Gasteiger partial charge is 0.0804 e. The van der Waals surface area contributed by atoms with E-state index in [2.05, 4.69) is 0 Å². The molecule has 0 radical (unpaired) electrons. The molecule has 4 N–H and O–H groups in total. The zero-order valence-corrected chi connectivity index (χ0v) is 11.9. The fourth-order valence-corrected chi connectivity index (χ4v) is 4.13. The monoisotopic (exact) mass is 278 g/mol. The van der Waals surface area contributed by atoms with Crippen LogP contribution in [-0.4, -0.2) is 16.4 Å². The van der Waals surface area contributed by atoms with Crippen LogP contribution in [0.4, 0.5) is 0 Å². The standard InChI is InChI=1S/C13H24Cl2N2/c14-11-3-1-2-9(7-11)6-10-4-5-13(16,17)12(15)8-10/h9-12H,1-8,16-17H2. The van der Waals surface area contributed by atoms with Crippen LogP contribution in [0.25, 0.3) is 0 Å². The topological polar surface area (TPSA) is 52.0 Å². The number of rotatable bonds is 2. The van der Waals surface area contributed by atoms with Crippen molar-refractivity contribution < 1.29 is 0 Å². The summed E-state index contributed by atoms with van der Waals surface area (Å²) in [6, 6.07) is 0. The Morgan fingerprint density at radius 3 is 2.35 bits per heavy atom. The van der Waals surface area contributed by atoms with Crippen molar-refractivity contribution in [2.45, 2.75) is 67.8 Å². The molecule has 0 aliphatic heterocycles. The van der Waals surface area contributed by atoms with Gasteiger partial charge < -0.3 is 11.5 Å². The van der Waals surface area contributed by atoms with Gasteiger partial charge in [-0.05, 0) is 50.4 Å². The molecule has 0 aromatic rings. The van der Waals surface area contributed by atoms with Crippen LogP contribution in [0.15, 0.2) is 0 Å². The summed E-state index contributed by atoms with van der Waals surface area (Å²) in [6.45, 7) is 0. The van der Waals surface area contributed by atoms with Crippen LogP contribution in [0.1, 0.15) is 51.4 Å². The van der Waals surface area contributed by atoms with Gasteiger partial charge in [-0.15, -0.1) is 23.2 Å². The lowest BCUT2D eigenvalue weighted by Gasteiger charge is -2.40. The molecule has 2 fully saturated rings. The molecule has 4 unspecified atom stereocenters. The van der Waals surface area contributed by atoms with Crippen molar-refractivity contribution >= 4 is 23.2 Å². The van der Waals surface area contributed by atoms with Crippen molar-refractivity contribution in [2.75, 3.05) is 0 Å². The van der Waals surface area contributed by atoms with E-state index in [0.717, 1.165) is 25.2 Å². The number of nitrogens with two attached hydrogens (primary N) is 2. The molecule has 2 rings (SSSR count). The van der Waals surface area contributed by atoms with E-state index in [1.54, 1.807) is 0 Å². The molecule has 17 heavy (non-hydrogen) atoms. The highest BCUT2D eigenvalue weighted by atomic mass is 35.5. The van der Waals surface area contributed by atoms with Gasteiger partial charge in [0.25, 0.3) is 0 Å². The highest BCUT2D eigenvalue weighted by Crippen LogP contribution is 2.39. The highest BCUT2D eigenvalue weighted by molar-refractivity contribution is 6.21. The maximum Gasteiger partial charge on any atom is 0.0804 e.